The molecular formula is C17H22N4O3. The summed E-state index contributed by atoms with van der Waals surface area (Å²) in [6.45, 7) is 0.610. The van der Waals surface area contributed by atoms with Crippen molar-refractivity contribution < 1.29 is 14.2 Å². The largest absolute Gasteiger partial charge is 0.493 e. The van der Waals surface area contributed by atoms with Crippen molar-refractivity contribution in [2.24, 2.45) is 4.99 Å². The zero-order valence-corrected chi connectivity index (χ0v) is 14.3. The van der Waals surface area contributed by atoms with Crippen LogP contribution in [0, 0.1) is 0 Å². The summed E-state index contributed by atoms with van der Waals surface area (Å²) in [5.74, 6) is 2.84. The van der Waals surface area contributed by atoms with Crippen LogP contribution in [0.15, 0.2) is 41.5 Å². The lowest BCUT2D eigenvalue weighted by Crippen LogP contribution is -2.34. The van der Waals surface area contributed by atoms with Crippen molar-refractivity contribution in [3.63, 3.8) is 0 Å². The van der Waals surface area contributed by atoms with Crippen LogP contribution in [0.3, 0.4) is 0 Å². The summed E-state index contributed by atoms with van der Waals surface area (Å²) in [6.07, 6.45) is 1.74. The zero-order valence-electron chi connectivity index (χ0n) is 14.3. The van der Waals surface area contributed by atoms with Gasteiger partial charge in [-0.05, 0) is 17.7 Å². The summed E-state index contributed by atoms with van der Waals surface area (Å²) in [4.78, 5) is 8.38. The van der Waals surface area contributed by atoms with Crippen molar-refractivity contribution in [2.75, 3.05) is 28.3 Å². The van der Waals surface area contributed by atoms with Crippen LogP contribution < -0.4 is 24.8 Å². The maximum absolute atomic E-state index is 5.83. The third-order valence-corrected chi connectivity index (χ3v) is 3.31. The Kier molecular flexibility index (Phi) is 6.24. The number of ether oxygens (including phenoxy) is 3. The van der Waals surface area contributed by atoms with Gasteiger partial charge in [0.25, 0.3) is 0 Å². The van der Waals surface area contributed by atoms with E-state index in [4.69, 9.17) is 14.2 Å². The molecule has 0 saturated heterocycles. The first kappa shape index (κ1) is 17.4. The minimum atomic E-state index is 0.458. The molecule has 0 aliphatic carbocycles. The molecular weight excluding hydrogens is 308 g/mol. The summed E-state index contributed by atoms with van der Waals surface area (Å²) >= 11 is 0. The number of guanidine groups is 1. The quantitative estimate of drug-likeness (QED) is 0.624. The fraction of sp³-hybridized carbons (Fsp3) is 0.294. The Morgan fingerprint density at radius 3 is 2.33 bits per heavy atom. The normalized spacial score (nSPS) is 10.9. The second-order valence-electron chi connectivity index (χ2n) is 4.77. The van der Waals surface area contributed by atoms with Crippen LogP contribution in [0.4, 0.5) is 0 Å². The van der Waals surface area contributed by atoms with Crippen LogP contribution in [0.2, 0.25) is 0 Å². The van der Waals surface area contributed by atoms with E-state index in [0.717, 1.165) is 5.56 Å². The molecule has 0 aliphatic heterocycles. The molecule has 2 rings (SSSR count). The molecule has 1 aromatic carbocycles. The highest BCUT2D eigenvalue weighted by Crippen LogP contribution is 2.39. The number of nitrogens with one attached hydrogen (secondary N) is 2. The van der Waals surface area contributed by atoms with Crippen molar-refractivity contribution >= 4 is 5.96 Å². The molecule has 0 amide bonds. The number of methoxy groups -OCH3 is 2. The van der Waals surface area contributed by atoms with E-state index in [0.29, 0.717) is 35.6 Å². The first-order chi connectivity index (χ1) is 11.7. The second kappa shape index (κ2) is 8.61. The second-order valence-corrected chi connectivity index (χ2v) is 4.77. The first-order valence-corrected chi connectivity index (χ1v) is 7.44. The van der Waals surface area contributed by atoms with Gasteiger partial charge in [-0.2, -0.15) is 0 Å². The van der Waals surface area contributed by atoms with Gasteiger partial charge in [0, 0.05) is 32.9 Å². The van der Waals surface area contributed by atoms with Gasteiger partial charge < -0.3 is 24.8 Å². The van der Waals surface area contributed by atoms with E-state index in [1.807, 2.05) is 19.2 Å². The molecule has 0 aliphatic rings. The lowest BCUT2D eigenvalue weighted by atomic mass is 10.3. The number of nitrogens with zero attached hydrogens (tertiary/aromatic N) is 2. The van der Waals surface area contributed by atoms with Crippen molar-refractivity contribution in [1.29, 1.82) is 0 Å². The molecule has 7 nitrogen and oxygen atoms in total. The van der Waals surface area contributed by atoms with Gasteiger partial charge in [-0.25, -0.2) is 4.98 Å². The molecule has 0 saturated carbocycles. The lowest BCUT2D eigenvalue weighted by Gasteiger charge is -2.13. The van der Waals surface area contributed by atoms with E-state index < -0.39 is 0 Å². The summed E-state index contributed by atoms with van der Waals surface area (Å²) < 4.78 is 16.4. The highest BCUT2D eigenvalue weighted by atomic mass is 16.5. The molecule has 2 aromatic rings. The molecule has 2 N–H and O–H groups in total. The number of hydrogen-bond donors (Lipinski definition) is 2. The fourth-order valence-corrected chi connectivity index (χ4v) is 2.06. The molecule has 0 fully saturated rings. The average molecular weight is 330 g/mol. The van der Waals surface area contributed by atoms with Crippen LogP contribution >= 0.6 is 0 Å². The van der Waals surface area contributed by atoms with Gasteiger partial charge in [-0.15, -0.1) is 0 Å². The maximum Gasteiger partial charge on any atom is 0.219 e. The molecule has 128 valence electrons. The maximum atomic E-state index is 5.83. The highest BCUT2D eigenvalue weighted by molar-refractivity contribution is 5.79. The number of benzene rings is 1. The standard InChI is InChI=1S/C17H22N4O3/c1-18-17(19-2)21-11-12-8-9-15(20-10-12)24-16-13(22-3)6-5-7-14(16)23-4/h5-10H,11H2,1-4H3,(H2,18,19,21). The zero-order chi connectivity index (χ0) is 17.4. The number of pyridine rings is 1. The fourth-order valence-electron chi connectivity index (χ4n) is 2.06. The van der Waals surface area contributed by atoms with Gasteiger partial charge in [-0.3, -0.25) is 4.99 Å². The van der Waals surface area contributed by atoms with Gasteiger partial charge in [0.1, 0.15) is 0 Å². The Morgan fingerprint density at radius 2 is 1.83 bits per heavy atom. The van der Waals surface area contributed by atoms with Crippen LogP contribution in [0.25, 0.3) is 0 Å². The van der Waals surface area contributed by atoms with Crippen molar-refractivity contribution in [2.45, 2.75) is 6.54 Å². The molecule has 1 aromatic heterocycles. The topological polar surface area (TPSA) is 77.0 Å². The van der Waals surface area contributed by atoms with E-state index in [1.54, 1.807) is 45.7 Å². The first-order valence-electron chi connectivity index (χ1n) is 7.44. The summed E-state index contributed by atoms with van der Waals surface area (Å²) in [6, 6.07) is 9.17. The van der Waals surface area contributed by atoms with E-state index in [-0.39, 0.29) is 0 Å². The summed E-state index contributed by atoms with van der Waals surface area (Å²) in [7, 11) is 6.69. The Labute approximate surface area is 141 Å². The third kappa shape index (κ3) is 4.28. The van der Waals surface area contributed by atoms with Crippen molar-refractivity contribution in [3.05, 3.63) is 42.1 Å². The monoisotopic (exact) mass is 330 g/mol. The van der Waals surface area contributed by atoms with Gasteiger partial charge in [-0.1, -0.05) is 12.1 Å². The molecule has 0 atom stereocenters. The van der Waals surface area contributed by atoms with Gasteiger partial charge in [0.15, 0.2) is 17.5 Å². The third-order valence-electron chi connectivity index (χ3n) is 3.31. The number of rotatable bonds is 6. The number of aromatic nitrogens is 1. The molecule has 0 bridgehead atoms. The predicted octanol–water partition coefficient (Wildman–Crippen LogP) is 2.19. The smallest absolute Gasteiger partial charge is 0.219 e. The number of aliphatic imine (C=N–C) groups is 1. The van der Waals surface area contributed by atoms with Crippen LogP contribution in [-0.4, -0.2) is 39.3 Å². The Bertz CT molecular complexity index is 664. The van der Waals surface area contributed by atoms with Gasteiger partial charge in [0.05, 0.1) is 14.2 Å². The van der Waals surface area contributed by atoms with E-state index >= 15 is 0 Å². The summed E-state index contributed by atoms with van der Waals surface area (Å²) in [5.41, 5.74) is 1.01. The molecule has 1 heterocycles. The minimum Gasteiger partial charge on any atom is -0.493 e. The lowest BCUT2D eigenvalue weighted by molar-refractivity contribution is 0.342. The minimum absolute atomic E-state index is 0.458. The number of hydrogen-bond acceptors (Lipinski definition) is 5. The molecule has 0 radical (unpaired) electrons. The predicted molar refractivity (Wildman–Crippen MR) is 93.1 cm³/mol. The van der Waals surface area contributed by atoms with Crippen LogP contribution in [0.5, 0.6) is 23.1 Å². The van der Waals surface area contributed by atoms with Crippen molar-refractivity contribution in [1.82, 2.24) is 15.6 Å². The van der Waals surface area contributed by atoms with Gasteiger partial charge in [0.2, 0.25) is 11.6 Å². The van der Waals surface area contributed by atoms with E-state index in [1.165, 1.54) is 0 Å². The van der Waals surface area contributed by atoms with Crippen LogP contribution in [0.1, 0.15) is 5.56 Å². The highest BCUT2D eigenvalue weighted by Gasteiger charge is 2.13. The Morgan fingerprint density at radius 1 is 1.12 bits per heavy atom. The number of para-hydroxylation sites is 1. The van der Waals surface area contributed by atoms with Crippen molar-refractivity contribution in [3.8, 4) is 23.1 Å². The molecule has 0 unspecified atom stereocenters. The Hall–Kier alpha value is -2.96. The van der Waals surface area contributed by atoms with E-state index in [9.17, 15) is 0 Å². The summed E-state index contributed by atoms with van der Waals surface area (Å²) in [5, 5.41) is 6.12. The van der Waals surface area contributed by atoms with E-state index in [2.05, 4.69) is 20.6 Å². The molecule has 24 heavy (non-hydrogen) atoms. The van der Waals surface area contributed by atoms with Gasteiger partial charge >= 0.3 is 0 Å². The average Bonchev–Trinajstić information content (AvgIpc) is 2.64. The molecule has 0 spiro atoms. The Balaban J connectivity index is 2.10. The molecule has 7 heteroatoms. The van der Waals surface area contributed by atoms with Crippen LogP contribution in [-0.2, 0) is 6.54 Å². The SMILES string of the molecule is CN=C(NC)NCc1ccc(Oc2c(OC)cccc2OC)nc1.